The average molecular weight is 320 g/mol. The first kappa shape index (κ1) is 17.1. The summed E-state index contributed by atoms with van der Waals surface area (Å²) in [5, 5.41) is 3.65. The van der Waals surface area contributed by atoms with Gasteiger partial charge in [-0.25, -0.2) is 0 Å². The lowest BCUT2D eigenvalue weighted by Gasteiger charge is -2.10. The summed E-state index contributed by atoms with van der Waals surface area (Å²) < 4.78 is 10.7. The molecular formula is C14H19Cl2NO3. The van der Waals surface area contributed by atoms with Gasteiger partial charge < -0.3 is 14.8 Å². The second-order valence-corrected chi connectivity index (χ2v) is 5.33. The van der Waals surface area contributed by atoms with Crippen LogP contribution in [0.5, 0.6) is 5.75 Å². The summed E-state index contributed by atoms with van der Waals surface area (Å²) in [6.45, 7) is 5.06. The van der Waals surface area contributed by atoms with Crippen molar-refractivity contribution in [1.82, 2.24) is 5.32 Å². The van der Waals surface area contributed by atoms with Crippen LogP contribution in [0, 0.1) is 0 Å². The van der Waals surface area contributed by atoms with Crippen molar-refractivity contribution in [3.63, 3.8) is 0 Å². The Balaban J connectivity index is 2.19. The maximum atomic E-state index is 11.5. The fourth-order valence-corrected chi connectivity index (χ4v) is 1.87. The number of amides is 1. The van der Waals surface area contributed by atoms with Gasteiger partial charge in [0.15, 0.2) is 6.61 Å². The molecule has 4 nitrogen and oxygen atoms in total. The number of hydrogen-bond donors (Lipinski definition) is 1. The minimum Gasteiger partial charge on any atom is -0.482 e. The van der Waals surface area contributed by atoms with Crippen LogP contribution in [-0.2, 0) is 9.53 Å². The predicted molar refractivity (Wildman–Crippen MR) is 80.7 cm³/mol. The zero-order chi connectivity index (χ0) is 15.0. The van der Waals surface area contributed by atoms with Gasteiger partial charge in [0.25, 0.3) is 5.91 Å². The molecule has 1 aromatic rings. The highest BCUT2D eigenvalue weighted by atomic mass is 35.5. The maximum absolute atomic E-state index is 11.5. The molecule has 0 aliphatic heterocycles. The van der Waals surface area contributed by atoms with E-state index in [4.69, 9.17) is 32.7 Å². The number of benzene rings is 1. The minimum atomic E-state index is -0.194. The van der Waals surface area contributed by atoms with E-state index >= 15 is 0 Å². The van der Waals surface area contributed by atoms with E-state index in [2.05, 4.69) is 5.32 Å². The lowest BCUT2D eigenvalue weighted by Crippen LogP contribution is -2.30. The Kier molecular flexibility index (Phi) is 7.73. The van der Waals surface area contributed by atoms with Crippen LogP contribution >= 0.6 is 23.2 Å². The van der Waals surface area contributed by atoms with E-state index in [0.717, 1.165) is 6.42 Å². The van der Waals surface area contributed by atoms with Gasteiger partial charge in [-0.3, -0.25) is 4.79 Å². The molecule has 1 aromatic carbocycles. The van der Waals surface area contributed by atoms with Gasteiger partial charge in [-0.05, 0) is 38.5 Å². The van der Waals surface area contributed by atoms with E-state index in [-0.39, 0.29) is 18.6 Å². The zero-order valence-electron chi connectivity index (χ0n) is 11.6. The van der Waals surface area contributed by atoms with E-state index in [1.165, 1.54) is 0 Å². The molecule has 0 fully saturated rings. The number of carbonyl (C=O) groups is 1. The smallest absolute Gasteiger partial charge is 0.257 e. The highest BCUT2D eigenvalue weighted by Crippen LogP contribution is 2.27. The summed E-state index contributed by atoms with van der Waals surface area (Å²) >= 11 is 11.7. The zero-order valence-corrected chi connectivity index (χ0v) is 13.1. The number of nitrogens with one attached hydrogen (secondary N) is 1. The summed E-state index contributed by atoms with van der Waals surface area (Å²) in [5.41, 5.74) is 0. The van der Waals surface area contributed by atoms with Gasteiger partial charge in [0.05, 0.1) is 11.1 Å². The summed E-state index contributed by atoms with van der Waals surface area (Å²) in [7, 11) is 0. The Morgan fingerprint density at radius 3 is 2.75 bits per heavy atom. The van der Waals surface area contributed by atoms with Crippen LogP contribution in [0.1, 0.15) is 20.3 Å². The quantitative estimate of drug-likeness (QED) is 0.748. The van der Waals surface area contributed by atoms with Gasteiger partial charge in [-0.15, -0.1) is 0 Å². The Morgan fingerprint density at radius 1 is 1.35 bits per heavy atom. The van der Waals surface area contributed by atoms with Crippen LogP contribution in [0.2, 0.25) is 10.0 Å². The highest BCUT2D eigenvalue weighted by molar-refractivity contribution is 6.35. The second-order valence-electron chi connectivity index (χ2n) is 4.49. The van der Waals surface area contributed by atoms with Crippen molar-refractivity contribution in [2.75, 3.05) is 19.8 Å². The SMILES string of the molecule is CC(C)OCCCNC(=O)COc1ccc(Cl)cc1Cl. The van der Waals surface area contributed by atoms with Crippen LogP contribution in [0.4, 0.5) is 0 Å². The molecular weight excluding hydrogens is 301 g/mol. The molecule has 0 aliphatic rings. The van der Waals surface area contributed by atoms with Crippen LogP contribution in [0.25, 0.3) is 0 Å². The first-order valence-electron chi connectivity index (χ1n) is 6.45. The molecule has 0 spiro atoms. The molecule has 0 unspecified atom stereocenters. The van der Waals surface area contributed by atoms with Gasteiger partial charge in [0, 0.05) is 18.2 Å². The molecule has 1 rings (SSSR count). The van der Waals surface area contributed by atoms with Gasteiger partial charge in [0.1, 0.15) is 5.75 Å². The van der Waals surface area contributed by atoms with E-state index < -0.39 is 0 Å². The topological polar surface area (TPSA) is 47.6 Å². The maximum Gasteiger partial charge on any atom is 0.257 e. The summed E-state index contributed by atoms with van der Waals surface area (Å²) in [6, 6.07) is 4.86. The van der Waals surface area contributed by atoms with Crippen LogP contribution in [-0.4, -0.2) is 31.8 Å². The average Bonchev–Trinajstić information content (AvgIpc) is 2.37. The monoisotopic (exact) mass is 319 g/mol. The van der Waals surface area contributed by atoms with Gasteiger partial charge >= 0.3 is 0 Å². The van der Waals surface area contributed by atoms with Crippen LogP contribution < -0.4 is 10.1 Å². The summed E-state index contributed by atoms with van der Waals surface area (Å²) in [5.74, 6) is 0.245. The lowest BCUT2D eigenvalue weighted by molar-refractivity contribution is -0.123. The van der Waals surface area contributed by atoms with Crippen molar-refractivity contribution in [3.8, 4) is 5.75 Å². The van der Waals surface area contributed by atoms with Crippen molar-refractivity contribution in [2.45, 2.75) is 26.4 Å². The number of rotatable bonds is 8. The third-order valence-corrected chi connectivity index (χ3v) is 2.88. The van der Waals surface area contributed by atoms with E-state index in [1.807, 2.05) is 13.8 Å². The Morgan fingerprint density at radius 2 is 2.10 bits per heavy atom. The molecule has 0 saturated carbocycles. The molecule has 0 heterocycles. The van der Waals surface area contributed by atoms with Crippen molar-refractivity contribution in [3.05, 3.63) is 28.2 Å². The van der Waals surface area contributed by atoms with Crippen LogP contribution in [0.15, 0.2) is 18.2 Å². The largest absolute Gasteiger partial charge is 0.482 e. The molecule has 0 atom stereocenters. The summed E-state index contributed by atoms with van der Waals surface area (Å²) in [6.07, 6.45) is 0.979. The van der Waals surface area contributed by atoms with Gasteiger partial charge in [-0.1, -0.05) is 23.2 Å². The molecule has 6 heteroatoms. The highest BCUT2D eigenvalue weighted by Gasteiger charge is 2.06. The fourth-order valence-electron chi connectivity index (χ4n) is 1.41. The number of halogens is 2. The number of hydrogen-bond acceptors (Lipinski definition) is 3. The normalized spacial score (nSPS) is 10.7. The molecule has 20 heavy (non-hydrogen) atoms. The Bertz CT molecular complexity index is 438. The molecule has 0 aromatic heterocycles. The lowest BCUT2D eigenvalue weighted by atomic mass is 10.3. The Hall–Kier alpha value is -0.970. The van der Waals surface area contributed by atoms with E-state index in [0.29, 0.717) is 28.9 Å². The molecule has 0 bridgehead atoms. The third kappa shape index (κ3) is 6.98. The standard InChI is InChI=1S/C14H19Cl2NO3/c1-10(2)19-7-3-6-17-14(18)9-20-13-5-4-11(15)8-12(13)16/h4-5,8,10H,3,6-7,9H2,1-2H3,(H,17,18). The minimum absolute atomic E-state index is 0.0770. The van der Waals surface area contributed by atoms with Crippen molar-refractivity contribution >= 4 is 29.1 Å². The molecule has 112 valence electrons. The van der Waals surface area contributed by atoms with Gasteiger partial charge in [-0.2, -0.15) is 0 Å². The van der Waals surface area contributed by atoms with Crippen molar-refractivity contribution in [1.29, 1.82) is 0 Å². The number of ether oxygens (including phenoxy) is 2. The fraction of sp³-hybridized carbons (Fsp3) is 0.500. The van der Waals surface area contributed by atoms with Crippen molar-refractivity contribution in [2.24, 2.45) is 0 Å². The molecule has 0 aliphatic carbocycles. The van der Waals surface area contributed by atoms with Crippen LogP contribution in [0.3, 0.4) is 0 Å². The van der Waals surface area contributed by atoms with Crippen molar-refractivity contribution < 1.29 is 14.3 Å². The molecule has 1 amide bonds. The first-order valence-corrected chi connectivity index (χ1v) is 7.21. The first-order chi connectivity index (χ1) is 9.49. The number of carbonyl (C=O) groups excluding carboxylic acids is 1. The molecule has 0 saturated heterocycles. The third-order valence-electron chi connectivity index (χ3n) is 2.35. The Labute approximate surface area is 129 Å². The predicted octanol–water partition coefficient (Wildman–Crippen LogP) is 3.30. The second kappa shape index (κ2) is 9.06. The van der Waals surface area contributed by atoms with Gasteiger partial charge in [0.2, 0.25) is 0 Å². The van der Waals surface area contributed by atoms with E-state index in [1.54, 1.807) is 18.2 Å². The molecule has 0 radical (unpaired) electrons. The van der Waals surface area contributed by atoms with E-state index in [9.17, 15) is 4.79 Å². The molecule has 1 N–H and O–H groups in total. The summed E-state index contributed by atoms with van der Waals surface area (Å²) in [4.78, 5) is 11.5.